The normalized spacial score (nSPS) is 4.80. The Morgan fingerprint density at radius 3 is 0.700 bits per heavy atom. The van der Waals surface area contributed by atoms with Crippen LogP contribution >= 0.6 is 0 Å². The Balaban J connectivity index is -0.0000000300. The van der Waals surface area contributed by atoms with Gasteiger partial charge in [-0.2, -0.15) is 0 Å². The molecule has 0 aromatic carbocycles. The van der Waals surface area contributed by atoms with Crippen molar-refractivity contribution in [2.24, 2.45) is 0 Å². The average molecular weight is 412 g/mol. The molecule has 0 unspecified atom stereocenters. The van der Waals surface area contributed by atoms with Gasteiger partial charge in [-0.15, -0.1) is 0 Å². The molecule has 50 valence electrons. The Labute approximate surface area is 120 Å². The van der Waals surface area contributed by atoms with Gasteiger partial charge in [0.2, 0.25) is 0 Å². The first-order chi connectivity index (χ1) is 3.46. The second kappa shape index (κ2) is 16.6. The molecule has 0 fully saturated rings. The fraction of sp³-hybridized carbons (Fsp3) is 0. The summed E-state index contributed by atoms with van der Waals surface area (Å²) in [6, 6.07) is 0. The molecule has 0 bridgehead atoms. The molecule has 0 aromatic heterocycles. The van der Waals surface area contributed by atoms with Crippen LogP contribution in [-0.2, 0) is 0 Å². The Hall–Kier alpha value is 1.10. The van der Waals surface area contributed by atoms with Crippen LogP contribution in [-0.4, -0.2) is 10.2 Å². The second-order valence-electron chi connectivity index (χ2n) is 0.447. The summed E-state index contributed by atoms with van der Waals surface area (Å²) in [5, 5.41) is 29.5. The van der Waals surface area contributed by atoms with E-state index in [0.717, 1.165) is 0 Å². The van der Waals surface area contributed by atoms with Gasteiger partial charge >= 0.3 is 81.7 Å². The fourth-order valence-corrected chi connectivity index (χ4v) is 0. The molecule has 8 nitrogen and oxygen atoms in total. The van der Waals surface area contributed by atoms with Gasteiger partial charge in [0.1, 0.15) is 0 Å². The van der Waals surface area contributed by atoms with E-state index in [9.17, 15) is 0 Å². The Morgan fingerprint density at radius 1 is 0.700 bits per heavy atom. The van der Waals surface area contributed by atoms with Gasteiger partial charge in [-0.05, 0) is 0 Å². The summed E-state index contributed by atoms with van der Waals surface area (Å²) in [5.41, 5.74) is 0. The molecule has 2 radical (unpaired) electrons. The van der Waals surface area contributed by atoms with Crippen LogP contribution in [0.5, 0.6) is 0 Å². The summed E-state index contributed by atoms with van der Waals surface area (Å²) in [7, 11) is 0. The summed E-state index contributed by atoms with van der Waals surface area (Å²) < 4.78 is 0. The summed E-state index contributed by atoms with van der Waals surface area (Å²) in [6.45, 7) is 0. The minimum absolute atomic E-state index is 0. The Morgan fingerprint density at radius 2 is 0.700 bits per heavy atom. The molecule has 0 aliphatic rings. The third-order valence-electron chi connectivity index (χ3n) is 0. The van der Waals surface area contributed by atoms with Crippen LogP contribution in [0.1, 0.15) is 0 Å². The van der Waals surface area contributed by atoms with Crippen LogP contribution in [0.15, 0.2) is 0 Å². The SMILES string of the molecule is O=[N+]([O-])[O-].O=[N+]([O-])[O-].[Nd+3].[Nd+3]. The number of nitrogens with zero attached hydrogens (tertiary/aromatic N) is 2. The largest absolute Gasteiger partial charge is 3.00 e. The smallest absolute Gasteiger partial charge is 0.356 e. The fourth-order valence-electron chi connectivity index (χ4n) is 0. The predicted molar refractivity (Wildman–Crippen MR) is 20.7 cm³/mol. The van der Waals surface area contributed by atoms with Crippen molar-refractivity contribution < 1.29 is 91.9 Å². The molecule has 0 aliphatic heterocycles. The van der Waals surface area contributed by atoms with E-state index in [2.05, 4.69) is 0 Å². The third-order valence-corrected chi connectivity index (χ3v) is 0. The van der Waals surface area contributed by atoms with E-state index in [4.69, 9.17) is 30.6 Å². The van der Waals surface area contributed by atoms with Gasteiger partial charge in [0.25, 0.3) is 0 Å². The number of hydrogen-bond acceptors (Lipinski definition) is 6. The van der Waals surface area contributed by atoms with E-state index < -0.39 is 10.2 Å². The molecule has 0 atom stereocenters. The van der Waals surface area contributed by atoms with Crippen molar-refractivity contribution in [3.63, 3.8) is 0 Å². The van der Waals surface area contributed by atoms with Gasteiger partial charge < -0.3 is 30.6 Å². The minimum Gasteiger partial charge on any atom is -0.356 e. The van der Waals surface area contributed by atoms with Gasteiger partial charge in [-0.3, -0.25) is 0 Å². The molecule has 0 aromatic rings. The molecule has 0 saturated carbocycles. The van der Waals surface area contributed by atoms with Crippen LogP contribution in [0.3, 0.4) is 0 Å². The van der Waals surface area contributed by atoms with Gasteiger partial charge in [0, 0.05) is 0 Å². The zero-order valence-corrected chi connectivity index (χ0v) is 10.8. The maximum atomic E-state index is 8.25. The van der Waals surface area contributed by atoms with E-state index >= 15 is 0 Å². The predicted octanol–water partition coefficient (Wildman–Crippen LogP) is -0.478. The van der Waals surface area contributed by atoms with Crippen molar-refractivity contribution >= 4 is 0 Å². The van der Waals surface area contributed by atoms with Gasteiger partial charge in [-0.1, -0.05) is 0 Å². The zero-order chi connectivity index (χ0) is 7.15. The van der Waals surface area contributed by atoms with Gasteiger partial charge in [0.05, 0.1) is 10.2 Å². The first-order valence-electron chi connectivity index (χ1n) is 1.10. The first-order valence-corrected chi connectivity index (χ1v) is 1.10. The molecule has 0 N–H and O–H groups in total. The average Bonchev–Trinajstić information content (AvgIpc) is 1.25. The summed E-state index contributed by atoms with van der Waals surface area (Å²) in [4.78, 5) is 16.5. The molecule has 10 heteroatoms. The van der Waals surface area contributed by atoms with Crippen LogP contribution in [0.4, 0.5) is 0 Å². The molecule has 0 heterocycles. The van der Waals surface area contributed by atoms with Crippen LogP contribution in [0, 0.1) is 112 Å². The number of rotatable bonds is 0. The van der Waals surface area contributed by atoms with Crippen molar-refractivity contribution in [1.82, 2.24) is 0 Å². The van der Waals surface area contributed by atoms with E-state index in [1.165, 1.54) is 0 Å². The number of hydrogen-bond donors (Lipinski definition) is 0. The van der Waals surface area contributed by atoms with Crippen LogP contribution in [0.25, 0.3) is 0 Å². The first kappa shape index (κ1) is 22.5. The van der Waals surface area contributed by atoms with Crippen LogP contribution in [0.2, 0.25) is 0 Å². The van der Waals surface area contributed by atoms with E-state index in [-0.39, 0.29) is 81.7 Å². The monoisotopic (exact) mass is 408 g/mol. The summed E-state index contributed by atoms with van der Waals surface area (Å²) in [5.74, 6) is 0. The molecule has 0 rings (SSSR count). The molecule has 0 aliphatic carbocycles. The maximum Gasteiger partial charge on any atom is 3.00 e. The molecular weight excluding hydrogens is 412 g/mol. The quantitative estimate of drug-likeness (QED) is 0.390. The standard InChI is InChI=1S/2NO3.2Nd/c2*2-1(3)4;;/q2*-1;2*+3. The van der Waals surface area contributed by atoms with E-state index in [1.54, 1.807) is 0 Å². The third kappa shape index (κ3) is 492. The summed E-state index contributed by atoms with van der Waals surface area (Å²) >= 11 is 0. The maximum absolute atomic E-state index is 8.25. The van der Waals surface area contributed by atoms with Crippen molar-refractivity contribution in [2.45, 2.75) is 0 Å². The Bertz CT molecular complexity index is 71.7. The van der Waals surface area contributed by atoms with Gasteiger partial charge in [-0.25, -0.2) is 0 Å². The minimum atomic E-state index is -1.75. The molecule has 0 amide bonds. The Kier molecular flexibility index (Phi) is 37.3. The zero-order valence-electron chi connectivity index (χ0n) is 4.34. The molecular formula is N2Nd2O6+4. The topological polar surface area (TPSA) is 132 Å². The van der Waals surface area contributed by atoms with Crippen molar-refractivity contribution in [3.05, 3.63) is 30.6 Å². The van der Waals surface area contributed by atoms with E-state index in [0.29, 0.717) is 0 Å². The van der Waals surface area contributed by atoms with E-state index in [1.807, 2.05) is 0 Å². The molecule has 0 spiro atoms. The van der Waals surface area contributed by atoms with Crippen molar-refractivity contribution in [3.8, 4) is 0 Å². The van der Waals surface area contributed by atoms with Crippen molar-refractivity contribution in [2.75, 3.05) is 0 Å². The molecule has 0 saturated heterocycles. The molecule has 10 heavy (non-hydrogen) atoms. The van der Waals surface area contributed by atoms with Gasteiger partial charge in [0.15, 0.2) is 0 Å². The summed E-state index contributed by atoms with van der Waals surface area (Å²) in [6.07, 6.45) is 0. The van der Waals surface area contributed by atoms with Crippen LogP contribution < -0.4 is 0 Å². The van der Waals surface area contributed by atoms with Crippen molar-refractivity contribution in [1.29, 1.82) is 0 Å². The second-order valence-corrected chi connectivity index (χ2v) is 0.447.